The molecule has 2 aromatic rings. The molecule has 1 aromatic heterocycles. The predicted molar refractivity (Wildman–Crippen MR) is 70.1 cm³/mol. The minimum Gasteiger partial charge on any atom is -0.331 e. The molecule has 1 aliphatic rings. The number of hydrogen-bond acceptors (Lipinski definition) is 2. The summed E-state index contributed by atoms with van der Waals surface area (Å²) in [4.78, 5) is 4.70. The van der Waals surface area contributed by atoms with Gasteiger partial charge in [-0.2, -0.15) is 0 Å². The van der Waals surface area contributed by atoms with E-state index in [0.717, 1.165) is 24.7 Å². The molecule has 1 aromatic carbocycles. The maximum atomic E-state index is 4.70. The van der Waals surface area contributed by atoms with Crippen molar-refractivity contribution in [3.05, 3.63) is 29.6 Å². The lowest BCUT2D eigenvalue weighted by Crippen LogP contribution is -2.10. The van der Waals surface area contributed by atoms with Gasteiger partial charge in [-0.25, -0.2) is 4.98 Å². The van der Waals surface area contributed by atoms with Gasteiger partial charge in [-0.1, -0.05) is 12.1 Å². The van der Waals surface area contributed by atoms with Gasteiger partial charge in [0.15, 0.2) is 0 Å². The van der Waals surface area contributed by atoms with Crippen LogP contribution < -0.4 is 5.32 Å². The highest BCUT2D eigenvalue weighted by Crippen LogP contribution is 2.23. The van der Waals surface area contributed by atoms with E-state index in [1.807, 2.05) is 0 Å². The van der Waals surface area contributed by atoms with Crippen LogP contribution in [0.3, 0.4) is 0 Å². The van der Waals surface area contributed by atoms with Gasteiger partial charge >= 0.3 is 0 Å². The Bertz CT molecular complexity index is 536. The fraction of sp³-hybridized carbons (Fsp3) is 0.500. The number of nitrogens with one attached hydrogen (secondary N) is 1. The molecule has 90 valence electrons. The van der Waals surface area contributed by atoms with Crippen LogP contribution in [0.5, 0.6) is 0 Å². The van der Waals surface area contributed by atoms with Crippen molar-refractivity contribution in [2.45, 2.75) is 19.8 Å². The lowest BCUT2D eigenvalue weighted by atomic mass is 9.98. The van der Waals surface area contributed by atoms with E-state index < -0.39 is 0 Å². The van der Waals surface area contributed by atoms with Crippen LogP contribution in [-0.4, -0.2) is 22.6 Å². The molecule has 2 heterocycles. The quantitative estimate of drug-likeness (QED) is 0.854. The van der Waals surface area contributed by atoms with Crippen LogP contribution in [0.4, 0.5) is 0 Å². The average molecular weight is 229 g/mol. The molecule has 1 saturated heterocycles. The lowest BCUT2D eigenvalue weighted by molar-refractivity contribution is 0.582. The summed E-state index contributed by atoms with van der Waals surface area (Å²) < 4.78 is 2.17. The molecular formula is C14H19N3. The van der Waals surface area contributed by atoms with E-state index in [1.165, 1.54) is 29.6 Å². The van der Waals surface area contributed by atoms with Gasteiger partial charge in [-0.3, -0.25) is 0 Å². The van der Waals surface area contributed by atoms with Gasteiger partial charge in [0.1, 0.15) is 5.82 Å². The summed E-state index contributed by atoms with van der Waals surface area (Å²) in [5, 5.41) is 3.43. The van der Waals surface area contributed by atoms with E-state index in [2.05, 4.69) is 42.1 Å². The van der Waals surface area contributed by atoms with E-state index in [-0.39, 0.29) is 0 Å². The van der Waals surface area contributed by atoms with Crippen molar-refractivity contribution < 1.29 is 0 Å². The second-order valence-electron chi connectivity index (χ2n) is 5.07. The Morgan fingerprint density at radius 2 is 2.35 bits per heavy atom. The minimum absolute atomic E-state index is 0.780. The molecule has 3 nitrogen and oxygen atoms in total. The van der Waals surface area contributed by atoms with Gasteiger partial charge in [0.05, 0.1) is 11.0 Å². The number of rotatable bonds is 2. The predicted octanol–water partition coefficient (Wildman–Crippen LogP) is 2.03. The monoisotopic (exact) mass is 229 g/mol. The topological polar surface area (TPSA) is 29.9 Å². The van der Waals surface area contributed by atoms with Crippen LogP contribution >= 0.6 is 0 Å². The number of aryl methyl sites for hydroxylation is 2. The smallest absolute Gasteiger partial charge is 0.106 e. The normalized spacial score (nSPS) is 20.2. The third-order valence-electron chi connectivity index (χ3n) is 3.89. The van der Waals surface area contributed by atoms with Gasteiger partial charge < -0.3 is 9.88 Å². The van der Waals surface area contributed by atoms with E-state index in [9.17, 15) is 0 Å². The summed E-state index contributed by atoms with van der Waals surface area (Å²) in [6.07, 6.45) is 2.45. The molecular weight excluding hydrogens is 210 g/mol. The van der Waals surface area contributed by atoms with Crippen molar-refractivity contribution in [3.8, 4) is 0 Å². The number of para-hydroxylation sites is 1. The zero-order valence-corrected chi connectivity index (χ0v) is 10.5. The van der Waals surface area contributed by atoms with E-state index >= 15 is 0 Å². The zero-order chi connectivity index (χ0) is 11.8. The molecule has 0 amide bonds. The van der Waals surface area contributed by atoms with Gasteiger partial charge in [-0.15, -0.1) is 0 Å². The van der Waals surface area contributed by atoms with Crippen LogP contribution in [0.1, 0.15) is 17.8 Å². The Morgan fingerprint density at radius 3 is 3.12 bits per heavy atom. The van der Waals surface area contributed by atoms with Gasteiger partial charge in [0, 0.05) is 7.05 Å². The number of fused-ring (bicyclic) bond motifs is 1. The fourth-order valence-corrected chi connectivity index (χ4v) is 2.75. The SMILES string of the molecule is Cc1nc2c(CC3CCNC3)cccc2n1C. The number of nitrogens with zero attached hydrogens (tertiary/aromatic N) is 2. The molecule has 0 radical (unpaired) electrons. The summed E-state index contributed by atoms with van der Waals surface area (Å²) in [6.45, 7) is 4.39. The first-order chi connectivity index (χ1) is 8.25. The molecule has 0 spiro atoms. The number of hydrogen-bond donors (Lipinski definition) is 1. The van der Waals surface area contributed by atoms with Gasteiger partial charge in [0.2, 0.25) is 0 Å². The summed E-state index contributed by atoms with van der Waals surface area (Å²) in [7, 11) is 2.09. The molecule has 1 fully saturated rings. The molecule has 3 heteroatoms. The molecule has 3 rings (SSSR count). The number of benzene rings is 1. The summed E-state index contributed by atoms with van der Waals surface area (Å²) in [5.41, 5.74) is 3.85. The van der Waals surface area contributed by atoms with E-state index in [4.69, 9.17) is 4.98 Å². The van der Waals surface area contributed by atoms with Crippen LogP contribution in [0.25, 0.3) is 11.0 Å². The van der Waals surface area contributed by atoms with Crippen LogP contribution in [-0.2, 0) is 13.5 Å². The zero-order valence-electron chi connectivity index (χ0n) is 10.5. The first kappa shape index (κ1) is 10.8. The van der Waals surface area contributed by atoms with Crippen molar-refractivity contribution in [2.75, 3.05) is 13.1 Å². The second-order valence-corrected chi connectivity index (χ2v) is 5.07. The Kier molecular flexibility index (Phi) is 2.63. The van der Waals surface area contributed by atoms with Crippen LogP contribution in [0.15, 0.2) is 18.2 Å². The third kappa shape index (κ3) is 1.84. The largest absolute Gasteiger partial charge is 0.331 e. The first-order valence-electron chi connectivity index (χ1n) is 6.37. The lowest BCUT2D eigenvalue weighted by Gasteiger charge is -2.08. The first-order valence-corrected chi connectivity index (χ1v) is 6.37. The summed E-state index contributed by atoms with van der Waals surface area (Å²) in [6, 6.07) is 6.54. The van der Waals surface area contributed by atoms with Crippen molar-refractivity contribution in [1.29, 1.82) is 0 Å². The Labute approximate surface area is 102 Å². The molecule has 0 bridgehead atoms. The summed E-state index contributed by atoms with van der Waals surface area (Å²) >= 11 is 0. The molecule has 1 atom stereocenters. The van der Waals surface area contributed by atoms with Crippen LogP contribution in [0, 0.1) is 12.8 Å². The maximum Gasteiger partial charge on any atom is 0.106 e. The maximum absolute atomic E-state index is 4.70. The van der Waals surface area contributed by atoms with E-state index in [1.54, 1.807) is 0 Å². The molecule has 1 aliphatic heterocycles. The van der Waals surface area contributed by atoms with Crippen LogP contribution in [0.2, 0.25) is 0 Å². The molecule has 1 unspecified atom stereocenters. The summed E-state index contributed by atoms with van der Waals surface area (Å²) in [5.74, 6) is 1.87. The second kappa shape index (κ2) is 4.15. The van der Waals surface area contributed by atoms with Crippen molar-refractivity contribution in [3.63, 3.8) is 0 Å². The highest BCUT2D eigenvalue weighted by atomic mass is 15.0. The van der Waals surface area contributed by atoms with Gasteiger partial charge in [0.25, 0.3) is 0 Å². The van der Waals surface area contributed by atoms with Crippen molar-refractivity contribution >= 4 is 11.0 Å². The highest BCUT2D eigenvalue weighted by Gasteiger charge is 2.17. The Morgan fingerprint density at radius 1 is 1.47 bits per heavy atom. The Hall–Kier alpha value is -1.35. The highest BCUT2D eigenvalue weighted by molar-refractivity contribution is 5.79. The molecule has 1 N–H and O–H groups in total. The number of aromatic nitrogens is 2. The standard InChI is InChI=1S/C14H19N3/c1-10-16-14-12(8-11-6-7-15-9-11)4-3-5-13(14)17(10)2/h3-5,11,15H,6-9H2,1-2H3. The number of imidazole rings is 1. The minimum atomic E-state index is 0.780. The Balaban J connectivity index is 2.00. The average Bonchev–Trinajstić information content (AvgIpc) is 2.91. The molecule has 0 saturated carbocycles. The van der Waals surface area contributed by atoms with Gasteiger partial charge in [-0.05, 0) is 50.4 Å². The third-order valence-corrected chi connectivity index (χ3v) is 3.89. The molecule has 17 heavy (non-hydrogen) atoms. The molecule has 0 aliphatic carbocycles. The van der Waals surface area contributed by atoms with Crippen molar-refractivity contribution in [2.24, 2.45) is 13.0 Å². The van der Waals surface area contributed by atoms with E-state index in [0.29, 0.717) is 0 Å². The fourth-order valence-electron chi connectivity index (χ4n) is 2.75. The van der Waals surface area contributed by atoms with Crippen molar-refractivity contribution in [1.82, 2.24) is 14.9 Å².